The van der Waals surface area contributed by atoms with Gasteiger partial charge < -0.3 is 15.0 Å². The summed E-state index contributed by atoms with van der Waals surface area (Å²) in [6.07, 6.45) is 5.15. The highest BCUT2D eigenvalue weighted by atomic mass is 19.1. The number of hydrogen-bond acceptors (Lipinski definition) is 5. The lowest BCUT2D eigenvalue weighted by Crippen LogP contribution is -2.28. The van der Waals surface area contributed by atoms with Crippen LogP contribution in [0.15, 0.2) is 73.1 Å². The van der Waals surface area contributed by atoms with E-state index in [0.29, 0.717) is 40.9 Å². The Morgan fingerprint density at radius 3 is 2.65 bits per heavy atom. The van der Waals surface area contributed by atoms with Crippen LogP contribution in [-0.4, -0.2) is 36.8 Å². The summed E-state index contributed by atoms with van der Waals surface area (Å²) in [5, 5.41) is 9.91. The van der Waals surface area contributed by atoms with Gasteiger partial charge in [0.25, 0.3) is 5.91 Å². The molecule has 37 heavy (non-hydrogen) atoms. The average molecular weight is 497 g/mol. The van der Waals surface area contributed by atoms with Gasteiger partial charge >= 0.3 is 0 Å². The minimum absolute atomic E-state index is 0.0479. The number of rotatable bonds is 7. The fourth-order valence-electron chi connectivity index (χ4n) is 5.11. The van der Waals surface area contributed by atoms with Gasteiger partial charge in [0.1, 0.15) is 23.1 Å². The maximum Gasteiger partial charge on any atom is 0.250 e. The van der Waals surface area contributed by atoms with Gasteiger partial charge in [-0.25, -0.2) is 9.37 Å². The zero-order valence-corrected chi connectivity index (χ0v) is 20.2. The number of amides is 1. The van der Waals surface area contributed by atoms with E-state index in [1.165, 1.54) is 6.07 Å². The van der Waals surface area contributed by atoms with Gasteiger partial charge in [-0.3, -0.25) is 9.36 Å². The van der Waals surface area contributed by atoms with Crippen LogP contribution in [0, 0.1) is 5.82 Å². The number of ether oxygens (including phenoxy) is 1. The topological polar surface area (TPSA) is 101 Å². The molecule has 0 atom stereocenters. The Balaban J connectivity index is 1.36. The monoisotopic (exact) mass is 496 g/mol. The third kappa shape index (κ3) is 3.92. The van der Waals surface area contributed by atoms with E-state index in [-0.39, 0.29) is 17.8 Å². The van der Waals surface area contributed by atoms with Crippen LogP contribution in [0.4, 0.5) is 4.39 Å². The molecule has 5 aromatic rings. The molecule has 2 aromatic carbocycles. The Labute approximate surface area is 212 Å². The molecule has 6 rings (SSSR count). The molecule has 0 saturated heterocycles. The van der Waals surface area contributed by atoms with Crippen molar-refractivity contribution >= 4 is 16.8 Å². The molecule has 1 saturated carbocycles. The highest BCUT2D eigenvalue weighted by Crippen LogP contribution is 2.46. The molecule has 3 heterocycles. The van der Waals surface area contributed by atoms with Crippen molar-refractivity contribution in [2.45, 2.75) is 31.7 Å². The molecule has 2 N–H and O–H groups in total. The Morgan fingerprint density at radius 2 is 1.92 bits per heavy atom. The van der Waals surface area contributed by atoms with Crippen LogP contribution in [-0.2, 0) is 0 Å². The van der Waals surface area contributed by atoms with Crippen molar-refractivity contribution in [3.8, 4) is 23.0 Å². The number of fused-ring (bicyclic) bond motifs is 1. The molecule has 1 amide bonds. The molecular weight excluding hydrogens is 471 g/mol. The van der Waals surface area contributed by atoms with Gasteiger partial charge in [0.05, 0.1) is 29.6 Å². The third-order valence-electron chi connectivity index (χ3n) is 6.94. The van der Waals surface area contributed by atoms with E-state index in [1.54, 1.807) is 41.1 Å². The molecular formula is C28H25FN6O2. The van der Waals surface area contributed by atoms with E-state index in [4.69, 9.17) is 10.5 Å². The number of para-hydroxylation sites is 2. The molecule has 1 fully saturated rings. The number of nitrogens with zero attached hydrogens (tertiary/aromatic N) is 5. The summed E-state index contributed by atoms with van der Waals surface area (Å²) >= 11 is 0. The van der Waals surface area contributed by atoms with E-state index >= 15 is 4.39 Å². The first-order valence-electron chi connectivity index (χ1n) is 12.2. The van der Waals surface area contributed by atoms with Crippen LogP contribution < -0.4 is 10.5 Å². The lowest BCUT2D eigenvalue weighted by molar-refractivity contribution is 0.100. The second-order valence-corrected chi connectivity index (χ2v) is 9.13. The number of carbonyl (C=O) groups excluding carboxylic acids is 1. The third-order valence-corrected chi connectivity index (χ3v) is 6.94. The number of nitrogens with two attached hydrogens (primary N) is 1. The first-order chi connectivity index (χ1) is 18.0. The SMILES string of the molecule is CCOc1ccc(-c2nnc(C3CC(n4ccc5cccc(C(N)=O)c54)C3)n2-c2ccccc2F)nc1. The molecule has 1 aliphatic carbocycles. The predicted molar refractivity (Wildman–Crippen MR) is 137 cm³/mol. The Morgan fingerprint density at radius 1 is 1.08 bits per heavy atom. The number of carbonyl (C=O) groups is 1. The highest BCUT2D eigenvalue weighted by Gasteiger charge is 2.37. The van der Waals surface area contributed by atoms with Crippen molar-refractivity contribution in [3.05, 3.63) is 90.3 Å². The molecule has 8 nitrogen and oxygen atoms in total. The summed E-state index contributed by atoms with van der Waals surface area (Å²) in [7, 11) is 0. The van der Waals surface area contributed by atoms with Crippen LogP contribution in [0.25, 0.3) is 28.1 Å². The quantitative estimate of drug-likeness (QED) is 0.340. The number of hydrogen-bond donors (Lipinski definition) is 1. The number of benzene rings is 2. The molecule has 186 valence electrons. The Hall–Kier alpha value is -4.53. The van der Waals surface area contributed by atoms with Gasteiger partial charge in [-0.2, -0.15) is 0 Å². The van der Waals surface area contributed by atoms with Gasteiger partial charge in [0.15, 0.2) is 5.82 Å². The van der Waals surface area contributed by atoms with Gasteiger partial charge in [0.2, 0.25) is 0 Å². The fourth-order valence-corrected chi connectivity index (χ4v) is 5.11. The second kappa shape index (κ2) is 9.16. The number of primary amides is 1. The fraction of sp³-hybridized carbons (Fsp3) is 0.214. The first-order valence-corrected chi connectivity index (χ1v) is 12.2. The summed E-state index contributed by atoms with van der Waals surface area (Å²) in [5.74, 6) is 1.03. The lowest BCUT2D eigenvalue weighted by atomic mass is 9.79. The lowest BCUT2D eigenvalue weighted by Gasteiger charge is -2.36. The predicted octanol–water partition coefficient (Wildman–Crippen LogP) is 5.04. The Bertz CT molecular complexity index is 1600. The van der Waals surface area contributed by atoms with Crippen LogP contribution in [0.5, 0.6) is 5.75 Å². The maximum atomic E-state index is 15.0. The molecule has 0 bridgehead atoms. The van der Waals surface area contributed by atoms with Crippen molar-refractivity contribution in [3.63, 3.8) is 0 Å². The second-order valence-electron chi connectivity index (χ2n) is 9.13. The first kappa shape index (κ1) is 22.9. The van der Waals surface area contributed by atoms with Crippen LogP contribution >= 0.6 is 0 Å². The highest BCUT2D eigenvalue weighted by molar-refractivity contribution is 6.05. The van der Waals surface area contributed by atoms with E-state index in [9.17, 15) is 4.79 Å². The zero-order valence-electron chi connectivity index (χ0n) is 20.2. The largest absolute Gasteiger partial charge is 0.492 e. The number of halogens is 1. The van der Waals surface area contributed by atoms with Crippen molar-refractivity contribution in [2.24, 2.45) is 5.73 Å². The minimum Gasteiger partial charge on any atom is -0.492 e. The summed E-state index contributed by atoms with van der Waals surface area (Å²) in [5.41, 5.74) is 7.94. The molecule has 1 aliphatic rings. The number of pyridine rings is 1. The van der Waals surface area contributed by atoms with Gasteiger partial charge in [0, 0.05) is 23.5 Å². The molecule has 0 spiro atoms. The molecule has 9 heteroatoms. The molecule has 3 aromatic heterocycles. The van der Waals surface area contributed by atoms with Crippen molar-refractivity contribution < 1.29 is 13.9 Å². The summed E-state index contributed by atoms with van der Waals surface area (Å²) in [4.78, 5) is 16.5. The molecule has 0 aliphatic heterocycles. The van der Waals surface area contributed by atoms with Gasteiger partial charge in [-0.05, 0) is 56.2 Å². The van der Waals surface area contributed by atoms with Gasteiger partial charge in [-0.1, -0.05) is 24.3 Å². The maximum absolute atomic E-state index is 15.0. The van der Waals surface area contributed by atoms with E-state index in [2.05, 4.69) is 19.7 Å². The summed E-state index contributed by atoms with van der Waals surface area (Å²) < 4.78 is 24.4. The van der Waals surface area contributed by atoms with E-state index in [1.807, 2.05) is 37.4 Å². The van der Waals surface area contributed by atoms with Crippen LogP contribution in [0.2, 0.25) is 0 Å². The van der Waals surface area contributed by atoms with E-state index < -0.39 is 5.91 Å². The molecule has 0 unspecified atom stereocenters. The van der Waals surface area contributed by atoms with Crippen LogP contribution in [0.1, 0.15) is 47.9 Å². The minimum atomic E-state index is -0.451. The average Bonchev–Trinajstić information content (AvgIpc) is 3.49. The number of aromatic nitrogens is 5. The zero-order chi connectivity index (χ0) is 25.5. The van der Waals surface area contributed by atoms with Crippen molar-refractivity contribution in [1.82, 2.24) is 24.3 Å². The smallest absolute Gasteiger partial charge is 0.250 e. The Kier molecular flexibility index (Phi) is 5.67. The standard InChI is InChI=1S/C28H25FN6O2/c1-2-37-20-10-11-23(31-16-20)28-33-32-27(35(28)24-9-4-3-8-22(24)29)18-14-19(15-18)34-13-12-17-6-5-7-21(25(17)34)26(30)36/h3-13,16,18-19H,2,14-15H2,1H3,(H2,30,36). The van der Waals surface area contributed by atoms with Crippen LogP contribution in [0.3, 0.4) is 0 Å². The van der Waals surface area contributed by atoms with Crippen molar-refractivity contribution in [1.29, 1.82) is 0 Å². The summed E-state index contributed by atoms with van der Waals surface area (Å²) in [6.45, 7) is 2.45. The normalized spacial score (nSPS) is 17.0. The van der Waals surface area contributed by atoms with E-state index in [0.717, 1.165) is 23.7 Å². The summed E-state index contributed by atoms with van der Waals surface area (Å²) in [6, 6.07) is 17.9. The molecule has 0 radical (unpaired) electrons. The van der Waals surface area contributed by atoms with Gasteiger partial charge in [-0.15, -0.1) is 10.2 Å². The van der Waals surface area contributed by atoms with Crippen molar-refractivity contribution in [2.75, 3.05) is 6.61 Å².